The van der Waals surface area contributed by atoms with Gasteiger partial charge in [0.25, 0.3) is 0 Å². The van der Waals surface area contributed by atoms with Gasteiger partial charge in [-0.05, 0) is 32.3 Å². The molecule has 1 atom stereocenters. The lowest BCUT2D eigenvalue weighted by Gasteiger charge is -2.09. The zero-order chi connectivity index (χ0) is 15.2. The molecule has 1 saturated heterocycles. The lowest BCUT2D eigenvalue weighted by molar-refractivity contribution is -0.118. The van der Waals surface area contributed by atoms with Crippen molar-refractivity contribution in [3.8, 4) is 0 Å². The Morgan fingerprint density at radius 1 is 1.48 bits per heavy atom. The van der Waals surface area contributed by atoms with Crippen LogP contribution in [0.25, 0.3) is 0 Å². The normalized spacial score (nSPS) is 17.7. The zero-order valence-electron chi connectivity index (χ0n) is 12.4. The molecule has 6 heteroatoms. The first-order valence-electron chi connectivity index (χ1n) is 7.35. The Bertz CT molecular complexity index is 506. The summed E-state index contributed by atoms with van der Waals surface area (Å²) in [5.41, 5.74) is 0.444. The SMILES string of the molecule is CCOC(=O)c1cc(CC)sc1NC(=O)CC1CCCO1. The van der Waals surface area contributed by atoms with Gasteiger partial charge in [0, 0.05) is 11.5 Å². The van der Waals surface area contributed by atoms with Crippen LogP contribution in [-0.4, -0.2) is 31.2 Å². The maximum atomic E-state index is 12.1. The average Bonchev–Trinajstić information content (AvgIpc) is 3.08. The maximum absolute atomic E-state index is 12.1. The molecule has 2 heterocycles. The van der Waals surface area contributed by atoms with Crippen LogP contribution in [0.15, 0.2) is 6.07 Å². The number of nitrogens with one attached hydrogen (secondary N) is 1. The third-order valence-electron chi connectivity index (χ3n) is 3.32. The molecule has 0 saturated carbocycles. The standard InChI is InChI=1S/C15H21NO4S/c1-3-11-9-12(15(18)19-4-2)14(21-11)16-13(17)8-10-6-5-7-20-10/h9-10H,3-8H2,1-2H3,(H,16,17). The molecule has 1 N–H and O–H groups in total. The van der Waals surface area contributed by atoms with Crippen LogP contribution in [0.1, 0.15) is 48.3 Å². The fourth-order valence-electron chi connectivity index (χ4n) is 2.26. The summed E-state index contributed by atoms with van der Waals surface area (Å²) >= 11 is 1.43. The van der Waals surface area contributed by atoms with Crippen LogP contribution < -0.4 is 5.32 Å². The summed E-state index contributed by atoms with van der Waals surface area (Å²) in [6.07, 6.45) is 3.08. The van der Waals surface area contributed by atoms with E-state index in [1.165, 1.54) is 11.3 Å². The van der Waals surface area contributed by atoms with Gasteiger partial charge in [-0.1, -0.05) is 6.92 Å². The summed E-state index contributed by atoms with van der Waals surface area (Å²) in [6.45, 7) is 4.82. The molecule has 1 fully saturated rings. The van der Waals surface area contributed by atoms with Gasteiger partial charge in [-0.3, -0.25) is 4.79 Å². The Morgan fingerprint density at radius 2 is 2.29 bits per heavy atom. The number of carbonyl (C=O) groups is 2. The molecule has 21 heavy (non-hydrogen) atoms. The van der Waals surface area contributed by atoms with Crippen LogP contribution >= 0.6 is 11.3 Å². The number of rotatable bonds is 6. The number of esters is 1. The highest BCUT2D eigenvalue weighted by molar-refractivity contribution is 7.16. The highest BCUT2D eigenvalue weighted by Crippen LogP contribution is 2.30. The third kappa shape index (κ3) is 4.28. The Morgan fingerprint density at radius 3 is 2.90 bits per heavy atom. The quantitative estimate of drug-likeness (QED) is 0.820. The van der Waals surface area contributed by atoms with Gasteiger partial charge in [0.2, 0.25) is 5.91 Å². The number of thiophene rings is 1. The third-order valence-corrected chi connectivity index (χ3v) is 4.51. The second kappa shape index (κ2) is 7.56. The monoisotopic (exact) mass is 311 g/mol. The van der Waals surface area contributed by atoms with Crippen molar-refractivity contribution in [2.75, 3.05) is 18.5 Å². The lowest BCUT2D eigenvalue weighted by Crippen LogP contribution is -2.20. The van der Waals surface area contributed by atoms with Crippen LogP contribution in [0, 0.1) is 0 Å². The van der Waals surface area contributed by atoms with Crippen LogP contribution in [0.5, 0.6) is 0 Å². The Kier molecular flexibility index (Phi) is 5.76. The molecule has 0 radical (unpaired) electrons. The van der Waals surface area contributed by atoms with Gasteiger partial charge in [-0.2, -0.15) is 0 Å². The van der Waals surface area contributed by atoms with Gasteiger partial charge < -0.3 is 14.8 Å². The Balaban J connectivity index is 2.04. The van der Waals surface area contributed by atoms with Crippen LogP contribution in [-0.2, 0) is 20.7 Å². The van der Waals surface area contributed by atoms with Crippen molar-refractivity contribution in [1.82, 2.24) is 0 Å². The second-order valence-electron chi connectivity index (χ2n) is 4.92. The maximum Gasteiger partial charge on any atom is 0.341 e. The van der Waals surface area contributed by atoms with Crippen LogP contribution in [0.2, 0.25) is 0 Å². The van der Waals surface area contributed by atoms with Gasteiger partial charge in [0.05, 0.1) is 24.7 Å². The molecule has 116 valence electrons. The van der Waals surface area contributed by atoms with Gasteiger partial charge in [0.15, 0.2) is 0 Å². The number of aryl methyl sites for hydroxylation is 1. The highest BCUT2D eigenvalue weighted by Gasteiger charge is 2.22. The van der Waals surface area contributed by atoms with Gasteiger partial charge in [-0.15, -0.1) is 11.3 Å². The van der Waals surface area contributed by atoms with E-state index in [4.69, 9.17) is 9.47 Å². The van der Waals surface area contributed by atoms with Crippen LogP contribution in [0.3, 0.4) is 0 Å². The van der Waals surface area contributed by atoms with Gasteiger partial charge in [-0.25, -0.2) is 4.79 Å². The molecule has 0 aromatic carbocycles. The molecule has 5 nitrogen and oxygen atoms in total. The summed E-state index contributed by atoms with van der Waals surface area (Å²) in [7, 11) is 0. The molecule has 1 aliphatic rings. The van der Waals surface area contributed by atoms with E-state index in [2.05, 4.69) is 5.32 Å². The van der Waals surface area contributed by atoms with Crippen LogP contribution in [0.4, 0.5) is 5.00 Å². The largest absolute Gasteiger partial charge is 0.462 e. The fraction of sp³-hybridized carbons (Fsp3) is 0.600. The molecular formula is C15H21NO4S. The molecular weight excluding hydrogens is 290 g/mol. The molecule has 0 spiro atoms. The molecule has 1 amide bonds. The highest BCUT2D eigenvalue weighted by atomic mass is 32.1. The number of carbonyl (C=O) groups excluding carboxylic acids is 2. The van der Waals surface area contributed by atoms with Crippen molar-refractivity contribution >= 4 is 28.2 Å². The smallest absolute Gasteiger partial charge is 0.341 e. The van der Waals surface area contributed by atoms with Crippen molar-refractivity contribution in [3.05, 3.63) is 16.5 Å². The van der Waals surface area contributed by atoms with Gasteiger partial charge in [0.1, 0.15) is 5.00 Å². The Hall–Kier alpha value is -1.40. The number of hydrogen-bond donors (Lipinski definition) is 1. The van der Waals surface area contributed by atoms with E-state index in [0.29, 0.717) is 23.6 Å². The van der Waals surface area contributed by atoms with Crippen molar-refractivity contribution in [2.24, 2.45) is 0 Å². The first-order chi connectivity index (χ1) is 10.1. The van der Waals surface area contributed by atoms with Crippen molar-refractivity contribution in [1.29, 1.82) is 0 Å². The second-order valence-corrected chi connectivity index (χ2v) is 6.05. The summed E-state index contributed by atoms with van der Waals surface area (Å²) in [6, 6.07) is 1.80. The zero-order valence-corrected chi connectivity index (χ0v) is 13.3. The van der Waals surface area contributed by atoms with E-state index >= 15 is 0 Å². The summed E-state index contributed by atoms with van der Waals surface area (Å²) < 4.78 is 10.5. The first-order valence-corrected chi connectivity index (χ1v) is 8.17. The predicted octanol–water partition coefficient (Wildman–Crippen LogP) is 2.99. The number of ether oxygens (including phenoxy) is 2. The molecule has 0 bridgehead atoms. The molecule has 0 aliphatic carbocycles. The molecule has 1 aliphatic heterocycles. The number of hydrogen-bond acceptors (Lipinski definition) is 5. The van der Waals surface area contributed by atoms with Crippen molar-refractivity contribution < 1.29 is 19.1 Å². The first kappa shape index (κ1) is 16.0. The van der Waals surface area contributed by atoms with E-state index in [-0.39, 0.29) is 18.0 Å². The summed E-state index contributed by atoms with van der Waals surface area (Å²) in [5.74, 6) is -0.502. The van der Waals surface area contributed by atoms with Crippen molar-refractivity contribution in [2.45, 2.75) is 45.6 Å². The van der Waals surface area contributed by atoms with E-state index in [9.17, 15) is 9.59 Å². The average molecular weight is 311 g/mol. The summed E-state index contributed by atoms with van der Waals surface area (Å²) in [5, 5.41) is 3.41. The minimum atomic E-state index is -0.388. The topological polar surface area (TPSA) is 64.6 Å². The minimum Gasteiger partial charge on any atom is -0.462 e. The molecule has 2 rings (SSSR count). The fourth-order valence-corrected chi connectivity index (χ4v) is 3.26. The predicted molar refractivity (Wildman–Crippen MR) is 81.9 cm³/mol. The lowest BCUT2D eigenvalue weighted by atomic mass is 10.2. The number of amides is 1. The minimum absolute atomic E-state index is 0.00153. The van der Waals surface area contributed by atoms with Gasteiger partial charge >= 0.3 is 5.97 Å². The molecule has 1 unspecified atom stereocenters. The number of anilines is 1. The van der Waals surface area contributed by atoms with E-state index in [1.807, 2.05) is 6.92 Å². The van der Waals surface area contributed by atoms with E-state index < -0.39 is 0 Å². The van der Waals surface area contributed by atoms with E-state index in [1.54, 1.807) is 13.0 Å². The molecule has 1 aromatic heterocycles. The van der Waals surface area contributed by atoms with E-state index in [0.717, 1.165) is 30.7 Å². The molecule has 1 aromatic rings. The van der Waals surface area contributed by atoms with Crippen molar-refractivity contribution in [3.63, 3.8) is 0 Å². The Labute approximate surface area is 128 Å². The summed E-state index contributed by atoms with van der Waals surface area (Å²) in [4.78, 5) is 25.0.